The third kappa shape index (κ3) is 2.62. The minimum absolute atomic E-state index is 0.0853. The summed E-state index contributed by atoms with van der Waals surface area (Å²) in [5.41, 5.74) is 2.22. The molecule has 0 unspecified atom stereocenters. The van der Waals surface area contributed by atoms with Gasteiger partial charge < -0.3 is 0 Å². The van der Waals surface area contributed by atoms with Crippen molar-refractivity contribution in [2.75, 3.05) is 0 Å². The molecule has 3 aromatic carbocycles. The van der Waals surface area contributed by atoms with E-state index in [1.54, 1.807) is 13.0 Å². The van der Waals surface area contributed by atoms with Crippen molar-refractivity contribution in [3.8, 4) is 0 Å². The predicted molar refractivity (Wildman–Crippen MR) is 110 cm³/mol. The smallest absolute Gasteiger partial charge is 0.153 e. The molecule has 2 heteroatoms. The quantitative estimate of drug-likeness (QED) is 0.523. The molecule has 0 spiro atoms. The monoisotopic (exact) mass is 342 g/mol. The van der Waals surface area contributed by atoms with Crippen LogP contribution in [-0.2, 0) is 4.79 Å². The Morgan fingerprint density at radius 3 is 1.84 bits per heavy atom. The van der Waals surface area contributed by atoms with Gasteiger partial charge in [-0.3, -0.25) is 4.79 Å². The standard InChI is InChI=1S/C23H19OP/c1-18(24)16-19-17-25(20-10-4-2-5-11-20,21-12-6-3-7-13-21)23-15-9-8-14-22(19)23/h2-17H,1H3. The van der Waals surface area contributed by atoms with E-state index >= 15 is 0 Å². The number of hydrogen-bond donors (Lipinski definition) is 0. The summed E-state index contributed by atoms with van der Waals surface area (Å²) in [6.45, 7) is -0.281. The Balaban J connectivity index is 2.14. The van der Waals surface area contributed by atoms with Crippen LogP contribution in [0.3, 0.4) is 0 Å². The zero-order chi connectivity index (χ0) is 17.3. The minimum atomic E-state index is -1.90. The molecule has 0 N–H and O–H groups in total. The minimum Gasteiger partial charge on any atom is -0.295 e. The average molecular weight is 342 g/mol. The molecule has 4 rings (SSSR count). The van der Waals surface area contributed by atoms with Gasteiger partial charge in [-0.1, -0.05) is 84.9 Å². The second-order valence-corrected chi connectivity index (χ2v) is 9.47. The van der Waals surface area contributed by atoms with E-state index in [-0.39, 0.29) is 5.78 Å². The van der Waals surface area contributed by atoms with Gasteiger partial charge in [-0.2, -0.15) is 0 Å². The van der Waals surface area contributed by atoms with Crippen LogP contribution >= 0.6 is 6.89 Å². The number of benzene rings is 3. The van der Waals surface area contributed by atoms with Gasteiger partial charge in [0.1, 0.15) is 0 Å². The number of ketones is 1. The molecule has 0 bridgehead atoms. The summed E-state index contributed by atoms with van der Waals surface area (Å²) in [4.78, 5) is 11.8. The molecule has 0 aromatic heterocycles. The van der Waals surface area contributed by atoms with E-state index in [0.717, 1.165) is 5.57 Å². The number of rotatable bonds is 3. The average Bonchev–Trinajstić information content (AvgIpc) is 2.98. The zero-order valence-corrected chi connectivity index (χ0v) is 15.0. The lowest BCUT2D eigenvalue weighted by Crippen LogP contribution is -2.25. The fourth-order valence-corrected chi connectivity index (χ4v) is 7.72. The maximum absolute atomic E-state index is 11.8. The largest absolute Gasteiger partial charge is 0.295 e. The summed E-state index contributed by atoms with van der Waals surface area (Å²) in [5, 5.41) is 3.97. The van der Waals surface area contributed by atoms with Crippen LogP contribution in [-0.4, -0.2) is 11.6 Å². The van der Waals surface area contributed by atoms with Crippen molar-refractivity contribution in [2.45, 2.75) is 6.92 Å². The Hall–Kier alpha value is -2.63. The summed E-state index contributed by atoms with van der Waals surface area (Å²) in [6.07, 6.45) is 1.77. The molecule has 25 heavy (non-hydrogen) atoms. The molecule has 0 saturated carbocycles. The summed E-state index contributed by atoms with van der Waals surface area (Å²) < 4.78 is 0. The highest BCUT2D eigenvalue weighted by atomic mass is 31.2. The number of allylic oxidation sites excluding steroid dienone is 2. The van der Waals surface area contributed by atoms with Crippen molar-refractivity contribution >= 4 is 40.0 Å². The van der Waals surface area contributed by atoms with E-state index in [1.165, 1.54) is 21.5 Å². The predicted octanol–water partition coefficient (Wildman–Crippen LogP) is 3.77. The molecule has 0 saturated heterocycles. The summed E-state index contributed by atoms with van der Waals surface area (Å²) in [7, 11) is 0. The molecule has 0 atom stereocenters. The van der Waals surface area contributed by atoms with Crippen LogP contribution < -0.4 is 15.9 Å². The topological polar surface area (TPSA) is 17.1 Å². The van der Waals surface area contributed by atoms with Crippen LogP contribution in [0.2, 0.25) is 0 Å². The molecular weight excluding hydrogens is 323 g/mol. The maximum atomic E-state index is 11.8. The zero-order valence-electron chi connectivity index (χ0n) is 14.1. The number of carbonyl (C=O) groups is 1. The molecule has 122 valence electrons. The third-order valence-corrected chi connectivity index (χ3v) is 8.65. The Bertz CT molecular complexity index is 971. The molecule has 0 amide bonds. The molecule has 1 aliphatic heterocycles. The highest BCUT2D eigenvalue weighted by Crippen LogP contribution is 2.50. The fraction of sp³-hybridized carbons (Fsp3) is 0.0435. The molecule has 1 nitrogen and oxygen atoms in total. The van der Waals surface area contributed by atoms with Crippen LogP contribution in [0.25, 0.3) is 5.57 Å². The molecule has 1 aliphatic rings. The fourth-order valence-electron chi connectivity index (χ4n) is 3.61. The first-order valence-electron chi connectivity index (χ1n) is 8.40. The van der Waals surface area contributed by atoms with Crippen molar-refractivity contribution in [3.05, 3.63) is 96.6 Å². The van der Waals surface area contributed by atoms with E-state index in [1.807, 2.05) is 0 Å². The van der Waals surface area contributed by atoms with Crippen LogP contribution in [0.15, 0.2) is 91.0 Å². The third-order valence-electron chi connectivity index (χ3n) is 4.61. The van der Waals surface area contributed by atoms with Gasteiger partial charge in [-0.05, 0) is 52.7 Å². The normalized spacial score (nSPS) is 16.3. The summed E-state index contributed by atoms with van der Waals surface area (Å²) in [6, 6.07) is 29.9. The Labute approximate surface area is 148 Å². The number of carbonyl (C=O) groups excluding carboxylic acids is 1. The molecule has 1 heterocycles. The van der Waals surface area contributed by atoms with Crippen molar-refractivity contribution < 1.29 is 4.79 Å². The van der Waals surface area contributed by atoms with Gasteiger partial charge in [-0.25, -0.2) is 0 Å². The summed E-state index contributed by atoms with van der Waals surface area (Å²) in [5.74, 6) is 2.44. The molecular formula is C23H19OP. The van der Waals surface area contributed by atoms with E-state index in [9.17, 15) is 4.79 Å². The Morgan fingerprint density at radius 1 is 0.760 bits per heavy atom. The second-order valence-electron chi connectivity index (χ2n) is 6.25. The maximum Gasteiger partial charge on any atom is 0.153 e. The van der Waals surface area contributed by atoms with E-state index in [4.69, 9.17) is 0 Å². The first-order chi connectivity index (χ1) is 12.2. The first kappa shape index (κ1) is 15.9. The van der Waals surface area contributed by atoms with Gasteiger partial charge in [0.15, 0.2) is 5.78 Å². The number of fused-ring (bicyclic) bond motifs is 1. The van der Waals surface area contributed by atoms with Crippen molar-refractivity contribution in [2.24, 2.45) is 0 Å². The van der Waals surface area contributed by atoms with Crippen LogP contribution in [0.4, 0.5) is 0 Å². The van der Waals surface area contributed by atoms with Gasteiger partial charge in [0, 0.05) is 0 Å². The van der Waals surface area contributed by atoms with Crippen LogP contribution in [0, 0.1) is 0 Å². The van der Waals surface area contributed by atoms with Crippen LogP contribution in [0.1, 0.15) is 12.5 Å². The van der Waals surface area contributed by atoms with Crippen LogP contribution in [0.5, 0.6) is 0 Å². The first-order valence-corrected chi connectivity index (χ1v) is 10.3. The Kier molecular flexibility index (Phi) is 4.03. The lowest BCUT2D eigenvalue weighted by Gasteiger charge is -2.25. The lowest BCUT2D eigenvalue weighted by molar-refractivity contribution is -0.112. The van der Waals surface area contributed by atoms with Gasteiger partial charge in [0.05, 0.1) is 0 Å². The Morgan fingerprint density at radius 2 is 1.28 bits per heavy atom. The van der Waals surface area contributed by atoms with Gasteiger partial charge >= 0.3 is 0 Å². The number of hydrogen-bond acceptors (Lipinski definition) is 1. The van der Waals surface area contributed by atoms with E-state index in [2.05, 4.69) is 90.7 Å². The van der Waals surface area contributed by atoms with Gasteiger partial charge in [0.25, 0.3) is 0 Å². The molecule has 3 aromatic rings. The van der Waals surface area contributed by atoms with E-state index in [0.29, 0.717) is 0 Å². The van der Waals surface area contributed by atoms with E-state index < -0.39 is 6.89 Å². The summed E-state index contributed by atoms with van der Waals surface area (Å²) >= 11 is 0. The molecule has 0 radical (unpaired) electrons. The SMILES string of the molecule is CC(=O)C=C1C=P(c2ccccc2)(c2ccccc2)c2ccccc21. The molecule has 0 fully saturated rings. The van der Waals surface area contributed by atoms with Gasteiger partial charge in [-0.15, -0.1) is 0 Å². The molecule has 0 aliphatic carbocycles. The van der Waals surface area contributed by atoms with Gasteiger partial charge in [0.2, 0.25) is 0 Å². The van der Waals surface area contributed by atoms with Crippen molar-refractivity contribution in [3.63, 3.8) is 0 Å². The highest BCUT2D eigenvalue weighted by molar-refractivity contribution is 7.95. The second kappa shape index (κ2) is 6.35. The highest BCUT2D eigenvalue weighted by Gasteiger charge is 2.32. The lowest BCUT2D eigenvalue weighted by atomic mass is 10.1. The van der Waals surface area contributed by atoms with Crippen molar-refractivity contribution in [1.29, 1.82) is 0 Å². The van der Waals surface area contributed by atoms with Crippen molar-refractivity contribution in [1.82, 2.24) is 0 Å².